The number of unbranched alkanes of at least 4 members (excludes halogenated alkanes) is 32. The first-order chi connectivity index (χ1) is 28.4. The van der Waals surface area contributed by atoms with Crippen LogP contribution in [0.15, 0.2) is 0 Å². The Morgan fingerprint density at radius 3 is 0.593 bits per heavy atom. The number of carbonyl (C=O) groups is 2. The zero-order chi connectivity index (χ0) is 42.8. The van der Waals surface area contributed by atoms with Gasteiger partial charge in [-0.2, -0.15) is 0 Å². The van der Waals surface area contributed by atoms with Crippen molar-refractivity contribution in [2.24, 2.45) is 0 Å². The number of aliphatic carboxylic acids is 2. The second-order valence-electron chi connectivity index (χ2n) is 17.9. The van der Waals surface area contributed by atoms with Gasteiger partial charge in [-0.1, -0.05) is 233 Å². The second kappa shape index (κ2) is 56.1. The Balaban J connectivity index is -0.00000105. The number of hydrogen-bond donors (Lipinski definition) is 0. The molecular formula is C52H104CaN2O4. The minimum atomic E-state index is -0.906. The maximum atomic E-state index is 10.7. The predicted molar refractivity (Wildman–Crippen MR) is 256 cm³/mol. The molecule has 7 heteroatoms. The fraction of sp³-hybridized carbons (Fsp3) is 0.962. The first-order valence-corrected chi connectivity index (χ1v) is 26.2. The molecule has 0 aromatic rings. The summed E-state index contributed by atoms with van der Waals surface area (Å²) in [5, 5.41) is 21.4. The van der Waals surface area contributed by atoms with Crippen molar-refractivity contribution in [3.63, 3.8) is 0 Å². The number of carbonyl (C=O) groups excluding carboxylic acids is 2. The molecule has 0 unspecified atom stereocenters. The molecule has 0 N–H and O–H groups in total. The minimum Gasteiger partial charge on any atom is -0.550 e. The van der Waals surface area contributed by atoms with Crippen LogP contribution < -0.4 is 10.2 Å². The van der Waals surface area contributed by atoms with Gasteiger partial charge in [-0.15, -0.1) is 0 Å². The van der Waals surface area contributed by atoms with Crippen molar-refractivity contribution in [3.8, 4) is 0 Å². The van der Waals surface area contributed by atoms with Gasteiger partial charge in [-0.3, -0.25) is 0 Å². The summed E-state index contributed by atoms with van der Waals surface area (Å²) in [6.07, 6.45) is 50.8. The Morgan fingerprint density at radius 2 is 0.424 bits per heavy atom. The van der Waals surface area contributed by atoms with Crippen LogP contribution in [0.1, 0.15) is 285 Å². The zero-order valence-electron chi connectivity index (χ0n) is 40.8. The van der Waals surface area contributed by atoms with Gasteiger partial charge in [0.05, 0.1) is 0 Å². The standard InChI is InChI=1S/2C26H53NO2.Ca/c2*1-3-5-7-9-11-13-15-17-19-23-27(25-21-22-26(28)29)24-20-18-16-14-12-10-8-6-4-2;/h2*3-25H2,1-2H3,(H,28,29);/q;;+2/p-2. The molecule has 0 aromatic heterocycles. The Hall–Kier alpha value is 0.120. The average molecular weight is 861 g/mol. The molecule has 0 aliphatic heterocycles. The maximum Gasteiger partial charge on any atom is 2.00 e. The summed E-state index contributed by atoms with van der Waals surface area (Å²) in [4.78, 5) is 26.4. The van der Waals surface area contributed by atoms with Gasteiger partial charge < -0.3 is 29.6 Å². The maximum absolute atomic E-state index is 10.7. The SMILES string of the molecule is CCCCCCCCCCCN(CCCCCCCCCCC)CCCC(=O)[O-].CCCCCCCCCCCN(CCCCCCCCCCC)CCCC(=O)[O-].[Ca+2]. The quantitative estimate of drug-likeness (QED) is 0.0447. The van der Waals surface area contributed by atoms with Crippen LogP contribution in [0, 0.1) is 0 Å². The van der Waals surface area contributed by atoms with E-state index in [1.54, 1.807) is 0 Å². The Labute approximate surface area is 400 Å². The molecule has 0 radical (unpaired) electrons. The fourth-order valence-electron chi connectivity index (χ4n) is 8.15. The van der Waals surface area contributed by atoms with Crippen molar-refractivity contribution in [2.75, 3.05) is 39.3 Å². The van der Waals surface area contributed by atoms with Crippen LogP contribution in [-0.2, 0) is 9.59 Å². The normalized spacial score (nSPS) is 11.2. The number of rotatable bonds is 48. The van der Waals surface area contributed by atoms with Crippen molar-refractivity contribution in [1.82, 2.24) is 9.80 Å². The summed E-state index contributed by atoms with van der Waals surface area (Å²) in [6.45, 7) is 15.5. The summed E-state index contributed by atoms with van der Waals surface area (Å²) in [7, 11) is 0. The van der Waals surface area contributed by atoms with E-state index in [4.69, 9.17) is 0 Å². The van der Waals surface area contributed by atoms with E-state index in [9.17, 15) is 19.8 Å². The van der Waals surface area contributed by atoms with E-state index in [2.05, 4.69) is 37.5 Å². The molecule has 348 valence electrons. The van der Waals surface area contributed by atoms with Crippen LogP contribution in [0.3, 0.4) is 0 Å². The third-order valence-corrected chi connectivity index (χ3v) is 12.0. The zero-order valence-corrected chi connectivity index (χ0v) is 43.0. The molecule has 0 saturated carbocycles. The van der Waals surface area contributed by atoms with E-state index < -0.39 is 11.9 Å². The van der Waals surface area contributed by atoms with Crippen LogP contribution in [0.5, 0.6) is 0 Å². The van der Waals surface area contributed by atoms with Crippen molar-refractivity contribution >= 4 is 49.7 Å². The van der Waals surface area contributed by atoms with Gasteiger partial charge in [0.2, 0.25) is 0 Å². The summed E-state index contributed by atoms with van der Waals surface area (Å²) in [5.74, 6) is -1.81. The molecule has 0 rings (SSSR count). The molecule has 0 aromatic carbocycles. The molecule has 0 heterocycles. The van der Waals surface area contributed by atoms with Crippen LogP contribution in [0.2, 0.25) is 0 Å². The molecule has 0 aliphatic rings. The second-order valence-corrected chi connectivity index (χ2v) is 17.9. The fourth-order valence-corrected chi connectivity index (χ4v) is 8.15. The molecule has 0 atom stereocenters. The van der Waals surface area contributed by atoms with Gasteiger partial charge in [-0.05, 0) is 90.6 Å². The van der Waals surface area contributed by atoms with Gasteiger partial charge in [0.1, 0.15) is 0 Å². The number of nitrogens with zero attached hydrogens (tertiary/aromatic N) is 2. The Morgan fingerprint density at radius 1 is 0.271 bits per heavy atom. The van der Waals surface area contributed by atoms with E-state index in [-0.39, 0.29) is 50.6 Å². The monoisotopic (exact) mass is 861 g/mol. The first-order valence-electron chi connectivity index (χ1n) is 26.2. The van der Waals surface area contributed by atoms with Gasteiger partial charge in [-0.25, -0.2) is 0 Å². The number of carboxylic acids is 2. The molecule has 0 fully saturated rings. The van der Waals surface area contributed by atoms with Crippen LogP contribution in [0.25, 0.3) is 0 Å². The van der Waals surface area contributed by atoms with Gasteiger partial charge in [0, 0.05) is 11.9 Å². The summed E-state index contributed by atoms with van der Waals surface area (Å²) in [5.41, 5.74) is 0. The van der Waals surface area contributed by atoms with Crippen molar-refractivity contribution in [1.29, 1.82) is 0 Å². The molecule has 6 nitrogen and oxygen atoms in total. The molecule has 0 bridgehead atoms. The Bertz CT molecular complexity index is 693. The number of hydrogen-bond acceptors (Lipinski definition) is 6. The summed E-state index contributed by atoms with van der Waals surface area (Å²) in [6, 6.07) is 0. The van der Waals surface area contributed by atoms with Crippen LogP contribution in [0.4, 0.5) is 0 Å². The smallest absolute Gasteiger partial charge is 0.550 e. The molecular weight excluding hydrogens is 757 g/mol. The predicted octanol–water partition coefficient (Wildman–Crippen LogP) is 13.4. The van der Waals surface area contributed by atoms with E-state index in [0.717, 1.165) is 52.1 Å². The first kappa shape index (κ1) is 63.4. The van der Waals surface area contributed by atoms with Crippen LogP contribution in [-0.4, -0.2) is 98.7 Å². The third kappa shape index (κ3) is 58.1. The van der Waals surface area contributed by atoms with Crippen molar-refractivity contribution < 1.29 is 19.8 Å². The largest absolute Gasteiger partial charge is 2.00 e. The van der Waals surface area contributed by atoms with E-state index in [1.807, 2.05) is 0 Å². The number of carboxylic acid groups (broad SMARTS) is 2. The van der Waals surface area contributed by atoms with Gasteiger partial charge >= 0.3 is 37.7 Å². The molecule has 59 heavy (non-hydrogen) atoms. The van der Waals surface area contributed by atoms with Gasteiger partial charge in [0.25, 0.3) is 0 Å². The third-order valence-electron chi connectivity index (χ3n) is 12.0. The van der Waals surface area contributed by atoms with Gasteiger partial charge in [0.15, 0.2) is 0 Å². The minimum absolute atomic E-state index is 0. The molecule has 0 aliphatic carbocycles. The Kier molecular flexibility index (Phi) is 60.3. The average Bonchev–Trinajstić information content (AvgIpc) is 3.20. The van der Waals surface area contributed by atoms with E-state index in [1.165, 1.54) is 231 Å². The van der Waals surface area contributed by atoms with E-state index >= 15 is 0 Å². The molecule has 0 amide bonds. The molecule has 0 saturated heterocycles. The van der Waals surface area contributed by atoms with E-state index in [0.29, 0.717) is 0 Å². The van der Waals surface area contributed by atoms with Crippen LogP contribution >= 0.6 is 0 Å². The van der Waals surface area contributed by atoms with Crippen molar-refractivity contribution in [2.45, 2.75) is 285 Å². The molecule has 0 spiro atoms. The summed E-state index contributed by atoms with van der Waals surface area (Å²) >= 11 is 0. The summed E-state index contributed by atoms with van der Waals surface area (Å²) < 4.78 is 0. The van der Waals surface area contributed by atoms with Crippen molar-refractivity contribution in [3.05, 3.63) is 0 Å². The topological polar surface area (TPSA) is 86.7 Å².